The highest BCUT2D eigenvalue weighted by Gasteiger charge is 2.32. The van der Waals surface area contributed by atoms with Crippen molar-refractivity contribution in [2.24, 2.45) is 0 Å². The van der Waals surface area contributed by atoms with Gasteiger partial charge in [-0.15, -0.1) is 0 Å². The van der Waals surface area contributed by atoms with Gasteiger partial charge in [-0.2, -0.15) is 4.79 Å². The fourth-order valence-corrected chi connectivity index (χ4v) is 1.38. The summed E-state index contributed by atoms with van der Waals surface area (Å²) in [6, 6.07) is 6.46. The van der Waals surface area contributed by atoms with Crippen molar-refractivity contribution in [3.05, 3.63) is 35.4 Å². The van der Waals surface area contributed by atoms with Gasteiger partial charge in [-0.25, -0.2) is 4.79 Å². The van der Waals surface area contributed by atoms with Crippen molar-refractivity contribution in [2.45, 2.75) is 13.0 Å². The number of nitrogens with zero attached hydrogens (tertiary/aromatic N) is 2. The SMILES string of the molecule is CCOC(=O)C(=[N+]=[N-])[C@@H](O)c1cccc(OC)c1. The van der Waals surface area contributed by atoms with Crippen LogP contribution in [0.25, 0.3) is 5.53 Å². The Kier molecular flexibility index (Phi) is 5.05. The van der Waals surface area contributed by atoms with Crippen LogP contribution in [-0.4, -0.2) is 35.3 Å². The quantitative estimate of drug-likeness (QED) is 0.364. The van der Waals surface area contributed by atoms with E-state index >= 15 is 0 Å². The van der Waals surface area contributed by atoms with Crippen LogP contribution < -0.4 is 4.74 Å². The summed E-state index contributed by atoms with van der Waals surface area (Å²) in [6.07, 6.45) is -1.37. The van der Waals surface area contributed by atoms with Gasteiger partial charge in [0, 0.05) is 0 Å². The number of aliphatic hydroxyl groups is 1. The van der Waals surface area contributed by atoms with Crippen LogP contribution in [0.3, 0.4) is 0 Å². The van der Waals surface area contributed by atoms with Crippen LogP contribution in [0.1, 0.15) is 18.6 Å². The number of ether oxygens (including phenoxy) is 2. The minimum atomic E-state index is -1.37. The molecule has 0 heterocycles. The van der Waals surface area contributed by atoms with Gasteiger partial charge in [0.2, 0.25) is 0 Å². The molecule has 0 aromatic heterocycles. The van der Waals surface area contributed by atoms with Gasteiger partial charge >= 0.3 is 11.7 Å². The number of rotatable bonds is 5. The lowest BCUT2D eigenvalue weighted by molar-refractivity contribution is -0.141. The van der Waals surface area contributed by atoms with Crippen LogP contribution in [0.4, 0.5) is 0 Å². The Balaban J connectivity index is 3.00. The molecular weight excluding hydrogens is 236 g/mol. The Hall–Kier alpha value is -2.17. The first-order chi connectivity index (χ1) is 8.63. The van der Waals surface area contributed by atoms with E-state index in [0.29, 0.717) is 11.3 Å². The number of methoxy groups -OCH3 is 1. The number of carbonyl (C=O) groups is 1. The van der Waals surface area contributed by atoms with E-state index < -0.39 is 17.8 Å². The molecule has 6 nitrogen and oxygen atoms in total. The molecule has 0 radical (unpaired) electrons. The molecule has 0 bridgehead atoms. The Morgan fingerprint density at radius 3 is 2.83 bits per heavy atom. The van der Waals surface area contributed by atoms with E-state index in [2.05, 4.69) is 9.53 Å². The maximum atomic E-state index is 11.4. The minimum absolute atomic E-state index is 0.128. The Morgan fingerprint density at radius 2 is 2.28 bits per heavy atom. The van der Waals surface area contributed by atoms with Crippen molar-refractivity contribution in [1.29, 1.82) is 0 Å². The average molecular weight is 250 g/mol. The highest BCUT2D eigenvalue weighted by atomic mass is 16.5. The molecule has 0 unspecified atom stereocenters. The van der Waals surface area contributed by atoms with E-state index in [4.69, 9.17) is 10.3 Å². The smallest absolute Gasteiger partial charge is 0.420 e. The average Bonchev–Trinajstić information content (AvgIpc) is 2.40. The van der Waals surface area contributed by atoms with E-state index in [9.17, 15) is 9.90 Å². The van der Waals surface area contributed by atoms with Crippen molar-refractivity contribution in [3.63, 3.8) is 0 Å². The highest BCUT2D eigenvalue weighted by Crippen LogP contribution is 2.20. The number of carbonyl (C=O) groups excluding carboxylic acids is 1. The van der Waals surface area contributed by atoms with Crippen molar-refractivity contribution in [3.8, 4) is 5.75 Å². The second-order valence-electron chi connectivity index (χ2n) is 3.38. The first-order valence-corrected chi connectivity index (χ1v) is 5.35. The molecule has 1 aromatic carbocycles. The molecule has 0 fully saturated rings. The maximum absolute atomic E-state index is 11.4. The second-order valence-corrected chi connectivity index (χ2v) is 3.38. The lowest BCUT2D eigenvalue weighted by atomic mass is 10.0. The first-order valence-electron chi connectivity index (χ1n) is 5.35. The standard InChI is InChI=1S/C12H14N2O4/c1-3-18-12(16)10(14-13)11(15)8-5-4-6-9(7-8)17-2/h4-7,11,15H,3H2,1-2H3/t11-/m0/s1. The molecule has 1 aromatic rings. The van der Waals surface area contributed by atoms with Gasteiger partial charge in [0.1, 0.15) is 5.75 Å². The van der Waals surface area contributed by atoms with Crippen molar-refractivity contribution < 1.29 is 24.2 Å². The topological polar surface area (TPSA) is 92.2 Å². The summed E-state index contributed by atoms with van der Waals surface area (Å²) >= 11 is 0. The van der Waals surface area contributed by atoms with E-state index in [1.165, 1.54) is 13.2 Å². The number of aliphatic hydroxyl groups excluding tert-OH is 1. The number of esters is 1. The molecule has 18 heavy (non-hydrogen) atoms. The summed E-state index contributed by atoms with van der Waals surface area (Å²) in [5.41, 5.74) is 8.68. The van der Waals surface area contributed by atoms with E-state index in [0.717, 1.165) is 0 Å². The van der Waals surface area contributed by atoms with E-state index in [-0.39, 0.29) is 6.61 Å². The zero-order chi connectivity index (χ0) is 13.5. The summed E-state index contributed by atoms with van der Waals surface area (Å²) in [6.45, 7) is 1.74. The lowest BCUT2D eigenvalue weighted by Gasteiger charge is -2.07. The summed E-state index contributed by atoms with van der Waals surface area (Å²) < 4.78 is 9.67. The monoisotopic (exact) mass is 250 g/mol. The summed E-state index contributed by atoms with van der Waals surface area (Å²) in [5.74, 6) is -0.344. The van der Waals surface area contributed by atoms with Crippen LogP contribution in [0.15, 0.2) is 24.3 Å². The lowest BCUT2D eigenvalue weighted by Crippen LogP contribution is -2.25. The molecule has 1 atom stereocenters. The predicted molar refractivity (Wildman–Crippen MR) is 63.2 cm³/mol. The molecular formula is C12H14N2O4. The fraction of sp³-hybridized carbons (Fsp3) is 0.333. The molecule has 0 aliphatic carbocycles. The molecule has 0 aliphatic heterocycles. The van der Waals surface area contributed by atoms with Gasteiger partial charge < -0.3 is 20.1 Å². The molecule has 6 heteroatoms. The van der Waals surface area contributed by atoms with Crippen molar-refractivity contribution in [1.82, 2.24) is 0 Å². The van der Waals surface area contributed by atoms with Crippen LogP contribution in [0.2, 0.25) is 0 Å². The van der Waals surface area contributed by atoms with Crippen LogP contribution in [0, 0.1) is 0 Å². The third-order valence-electron chi connectivity index (χ3n) is 2.26. The zero-order valence-corrected chi connectivity index (χ0v) is 10.2. The fourth-order valence-electron chi connectivity index (χ4n) is 1.38. The second kappa shape index (κ2) is 6.54. The minimum Gasteiger partial charge on any atom is -0.497 e. The first kappa shape index (κ1) is 13.9. The zero-order valence-electron chi connectivity index (χ0n) is 10.2. The molecule has 0 aliphatic rings. The molecule has 0 amide bonds. The number of hydrogen-bond acceptors (Lipinski definition) is 4. The summed E-state index contributed by atoms with van der Waals surface area (Å²) in [5, 5.41) is 9.95. The normalized spacial score (nSPS) is 11.3. The Morgan fingerprint density at radius 1 is 1.56 bits per heavy atom. The third-order valence-corrected chi connectivity index (χ3v) is 2.26. The molecule has 1 rings (SSSR count). The van der Waals surface area contributed by atoms with Crippen LogP contribution in [0.5, 0.6) is 5.75 Å². The van der Waals surface area contributed by atoms with Gasteiger partial charge in [-0.3, -0.25) is 0 Å². The van der Waals surface area contributed by atoms with Gasteiger partial charge in [0.25, 0.3) is 0 Å². The predicted octanol–water partition coefficient (Wildman–Crippen LogP) is 0.962. The van der Waals surface area contributed by atoms with Gasteiger partial charge in [-0.1, -0.05) is 12.1 Å². The van der Waals surface area contributed by atoms with Crippen LogP contribution in [-0.2, 0) is 9.53 Å². The highest BCUT2D eigenvalue weighted by molar-refractivity contribution is 6.35. The Bertz CT molecular complexity index is 481. The van der Waals surface area contributed by atoms with E-state index in [1.807, 2.05) is 0 Å². The summed E-state index contributed by atoms with van der Waals surface area (Å²) in [4.78, 5) is 14.2. The largest absolute Gasteiger partial charge is 0.497 e. The third kappa shape index (κ3) is 3.16. The molecule has 0 saturated carbocycles. The maximum Gasteiger partial charge on any atom is 0.420 e. The van der Waals surface area contributed by atoms with Crippen LogP contribution >= 0.6 is 0 Å². The van der Waals surface area contributed by atoms with Crippen molar-refractivity contribution in [2.75, 3.05) is 13.7 Å². The molecule has 1 N–H and O–H groups in total. The number of hydrogen-bond donors (Lipinski definition) is 1. The molecule has 0 saturated heterocycles. The van der Waals surface area contributed by atoms with Gasteiger partial charge in [-0.05, 0) is 24.6 Å². The summed E-state index contributed by atoms with van der Waals surface area (Å²) in [7, 11) is 1.48. The van der Waals surface area contributed by atoms with Gasteiger partial charge in [0.05, 0.1) is 13.7 Å². The van der Waals surface area contributed by atoms with E-state index in [1.54, 1.807) is 25.1 Å². The number of benzene rings is 1. The van der Waals surface area contributed by atoms with Crippen molar-refractivity contribution >= 4 is 11.7 Å². The molecule has 96 valence electrons. The Labute approximate surface area is 104 Å². The molecule has 0 spiro atoms. The van der Waals surface area contributed by atoms with Gasteiger partial charge in [0.15, 0.2) is 6.10 Å².